The van der Waals surface area contributed by atoms with Gasteiger partial charge in [0, 0.05) is 19.5 Å². The van der Waals surface area contributed by atoms with Crippen molar-refractivity contribution in [3.8, 4) is 0 Å². The fourth-order valence-corrected chi connectivity index (χ4v) is 5.00. The lowest BCUT2D eigenvalue weighted by molar-refractivity contribution is -0.133. The number of ketones is 1. The predicted octanol–water partition coefficient (Wildman–Crippen LogP) is 4.38. The summed E-state index contributed by atoms with van der Waals surface area (Å²) < 4.78 is 11.8. The number of benzene rings is 1. The summed E-state index contributed by atoms with van der Waals surface area (Å²) in [6.07, 6.45) is 0.840. The number of hydrogen-bond acceptors (Lipinski definition) is 4. The first kappa shape index (κ1) is 20.1. The molecule has 1 aliphatic carbocycles. The van der Waals surface area contributed by atoms with E-state index in [1.165, 1.54) is 0 Å². The standard InChI is InChI=1S/C21H31NO4Si/c1-20(2,3)27(4,5)26-17-11-18(23)21(12-17)14-22(15-21)19(24)25-13-16-9-7-6-8-10-16/h6-10,17H,11-15H2,1-5H3/t17-/m0/s1. The molecule has 0 radical (unpaired) electrons. The minimum Gasteiger partial charge on any atom is -0.445 e. The molecule has 2 aliphatic rings. The molecule has 3 rings (SSSR count). The number of carbonyl (C=O) groups excluding carboxylic acids is 2. The Labute approximate surface area is 163 Å². The van der Waals surface area contributed by atoms with Crippen LogP contribution in [0.15, 0.2) is 30.3 Å². The van der Waals surface area contributed by atoms with Gasteiger partial charge in [0.25, 0.3) is 0 Å². The number of likely N-dealkylation sites (tertiary alicyclic amines) is 1. The van der Waals surface area contributed by atoms with Crippen LogP contribution in [0.5, 0.6) is 0 Å². The second-order valence-electron chi connectivity index (χ2n) is 9.51. The van der Waals surface area contributed by atoms with E-state index in [2.05, 4.69) is 33.9 Å². The number of nitrogens with zero attached hydrogens (tertiary/aromatic N) is 1. The number of Topliss-reactive ketones (excluding diaryl/α,β-unsaturated/α-hetero) is 1. The number of hydrogen-bond donors (Lipinski definition) is 0. The van der Waals surface area contributed by atoms with Gasteiger partial charge < -0.3 is 14.1 Å². The average Bonchev–Trinajstić information content (AvgIpc) is 2.86. The van der Waals surface area contributed by atoms with Gasteiger partial charge in [-0.05, 0) is 30.1 Å². The third-order valence-electron chi connectivity index (χ3n) is 6.34. The molecule has 1 aromatic rings. The highest BCUT2D eigenvalue weighted by Crippen LogP contribution is 2.47. The van der Waals surface area contributed by atoms with Crippen LogP contribution in [0.1, 0.15) is 39.2 Å². The van der Waals surface area contributed by atoms with Gasteiger partial charge in [-0.1, -0.05) is 51.1 Å². The maximum absolute atomic E-state index is 12.6. The van der Waals surface area contributed by atoms with Crippen molar-refractivity contribution in [2.24, 2.45) is 5.41 Å². The summed E-state index contributed by atoms with van der Waals surface area (Å²) in [7, 11) is -1.90. The SMILES string of the molecule is CC(C)(C)[Si](C)(C)O[C@H]1CC(=O)C2(C1)CN(C(=O)OCc1ccccc1)C2. The second kappa shape index (κ2) is 7.06. The fourth-order valence-electron chi connectivity index (χ4n) is 3.65. The third kappa shape index (κ3) is 4.11. The van der Waals surface area contributed by atoms with Crippen LogP contribution in [0.2, 0.25) is 18.1 Å². The first-order valence-corrected chi connectivity index (χ1v) is 12.6. The Morgan fingerprint density at radius 1 is 1.22 bits per heavy atom. The lowest BCUT2D eigenvalue weighted by Gasteiger charge is -2.46. The highest BCUT2D eigenvalue weighted by Gasteiger charge is 2.57. The fraction of sp³-hybridized carbons (Fsp3) is 0.619. The first-order chi connectivity index (χ1) is 12.5. The maximum atomic E-state index is 12.6. The molecule has 0 aromatic heterocycles. The Balaban J connectivity index is 1.51. The summed E-state index contributed by atoms with van der Waals surface area (Å²) in [4.78, 5) is 26.5. The molecule has 1 saturated heterocycles. The van der Waals surface area contributed by atoms with E-state index < -0.39 is 13.7 Å². The van der Waals surface area contributed by atoms with E-state index in [1.54, 1.807) is 4.90 Å². The first-order valence-electron chi connectivity index (χ1n) is 9.69. The highest BCUT2D eigenvalue weighted by atomic mass is 28.4. The van der Waals surface area contributed by atoms with Crippen molar-refractivity contribution in [3.63, 3.8) is 0 Å². The maximum Gasteiger partial charge on any atom is 0.410 e. The smallest absolute Gasteiger partial charge is 0.410 e. The van der Waals surface area contributed by atoms with Crippen molar-refractivity contribution in [2.75, 3.05) is 13.1 Å². The summed E-state index contributed by atoms with van der Waals surface area (Å²) in [5.74, 6) is 0.235. The van der Waals surface area contributed by atoms with Crippen molar-refractivity contribution < 1.29 is 18.8 Å². The molecule has 0 N–H and O–H groups in total. The molecule has 1 amide bonds. The lowest BCUT2D eigenvalue weighted by Crippen LogP contribution is -2.60. The van der Waals surface area contributed by atoms with Gasteiger partial charge in [0.1, 0.15) is 12.4 Å². The lowest BCUT2D eigenvalue weighted by atomic mass is 9.77. The molecule has 0 unspecified atom stereocenters. The van der Waals surface area contributed by atoms with Gasteiger partial charge >= 0.3 is 6.09 Å². The molecule has 6 heteroatoms. The zero-order valence-corrected chi connectivity index (χ0v) is 18.1. The van der Waals surface area contributed by atoms with Crippen molar-refractivity contribution in [3.05, 3.63) is 35.9 Å². The van der Waals surface area contributed by atoms with Gasteiger partial charge in [0.05, 0.1) is 11.5 Å². The third-order valence-corrected chi connectivity index (χ3v) is 10.9. The summed E-state index contributed by atoms with van der Waals surface area (Å²) in [6, 6.07) is 9.61. The van der Waals surface area contributed by atoms with Crippen molar-refractivity contribution in [1.29, 1.82) is 0 Å². The van der Waals surface area contributed by atoms with E-state index >= 15 is 0 Å². The molecule has 0 bridgehead atoms. The van der Waals surface area contributed by atoms with Crippen LogP contribution in [0, 0.1) is 5.41 Å². The van der Waals surface area contributed by atoms with E-state index in [1.807, 2.05) is 30.3 Å². The summed E-state index contributed by atoms with van der Waals surface area (Å²) >= 11 is 0. The van der Waals surface area contributed by atoms with E-state index in [9.17, 15) is 9.59 Å². The molecule has 1 saturated carbocycles. The van der Waals surface area contributed by atoms with Crippen LogP contribution in [0.4, 0.5) is 4.79 Å². The van der Waals surface area contributed by atoms with Gasteiger partial charge in [-0.25, -0.2) is 4.79 Å². The monoisotopic (exact) mass is 389 g/mol. The normalized spacial score (nSPS) is 22.0. The van der Waals surface area contributed by atoms with Crippen LogP contribution >= 0.6 is 0 Å². The number of carbonyl (C=O) groups is 2. The molecule has 1 aliphatic heterocycles. The van der Waals surface area contributed by atoms with E-state index in [0.29, 0.717) is 19.5 Å². The molecule has 2 fully saturated rings. The molecule has 1 heterocycles. The molecular weight excluding hydrogens is 358 g/mol. The van der Waals surface area contributed by atoms with Gasteiger partial charge in [-0.15, -0.1) is 0 Å². The zero-order chi connectivity index (χ0) is 19.9. The van der Waals surface area contributed by atoms with Gasteiger partial charge in [-0.2, -0.15) is 0 Å². The Bertz CT molecular complexity index is 705. The van der Waals surface area contributed by atoms with Gasteiger partial charge in [-0.3, -0.25) is 4.79 Å². The minimum atomic E-state index is -1.90. The molecule has 1 spiro atoms. The molecule has 5 nitrogen and oxygen atoms in total. The van der Waals surface area contributed by atoms with Gasteiger partial charge in [0.2, 0.25) is 0 Å². The second-order valence-corrected chi connectivity index (χ2v) is 14.3. The average molecular weight is 390 g/mol. The Morgan fingerprint density at radius 3 is 2.44 bits per heavy atom. The van der Waals surface area contributed by atoms with Crippen molar-refractivity contribution in [2.45, 2.75) is 64.5 Å². The van der Waals surface area contributed by atoms with Crippen LogP contribution in [-0.2, 0) is 20.6 Å². The van der Waals surface area contributed by atoms with Crippen LogP contribution in [-0.4, -0.2) is 44.3 Å². The molecule has 148 valence electrons. The van der Waals surface area contributed by atoms with Gasteiger partial charge in [0.15, 0.2) is 8.32 Å². The largest absolute Gasteiger partial charge is 0.445 e. The highest BCUT2D eigenvalue weighted by molar-refractivity contribution is 6.74. The van der Waals surface area contributed by atoms with E-state index in [0.717, 1.165) is 12.0 Å². The number of amides is 1. The van der Waals surface area contributed by atoms with Crippen molar-refractivity contribution in [1.82, 2.24) is 4.90 Å². The Morgan fingerprint density at radius 2 is 1.85 bits per heavy atom. The van der Waals surface area contributed by atoms with Crippen molar-refractivity contribution >= 4 is 20.2 Å². The van der Waals surface area contributed by atoms with E-state index in [4.69, 9.17) is 9.16 Å². The predicted molar refractivity (Wildman–Crippen MR) is 107 cm³/mol. The quantitative estimate of drug-likeness (QED) is 0.717. The molecule has 27 heavy (non-hydrogen) atoms. The summed E-state index contributed by atoms with van der Waals surface area (Å²) in [5, 5.41) is 0.124. The van der Waals surface area contributed by atoms with Crippen LogP contribution in [0.3, 0.4) is 0 Å². The Hall–Kier alpha value is -1.66. The summed E-state index contributed by atoms with van der Waals surface area (Å²) in [5.41, 5.74) is 0.541. The molecular formula is C21H31NO4Si. The summed E-state index contributed by atoms with van der Waals surface area (Å²) in [6.45, 7) is 12.2. The Kier molecular flexibility index (Phi) is 5.25. The molecule has 1 atom stereocenters. The van der Waals surface area contributed by atoms with E-state index in [-0.39, 0.29) is 29.6 Å². The van der Waals surface area contributed by atoms with Crippen LogP contribution < -0.4 is 0 Å². The minimum absolute atomic E-state index is 0.0131. The number of ether oxygens (including phenoxy) is 1. The molecule has 1 aromatic carbocycles. The number of rotatable bonds is 4. The topological polar surface area (TPSA) is 55.8 Å². The zero-order valence-electron chi connectivity index (χ0n) is 17.1. The van der Waals surface area contributed by atoms with Crippen LogP contribution in [0.25, 0.3) is 0 Å².